The van der Waals surface area contributed by atoms with E-state index in [-0.39, 0.29) is 19.4 Å². The van der Waals surface area contributed by atoms with Gasteiger partial charge in [-0.05, 0) is 6.42 Å². The number of rotatable bonds is 8. The van der Waals surface area contributed by atoms with Gasteiger partial charge in [-0.2, -0.15) is 0 Å². The van der Waals surface area contributed by atoms with E-state index in [1.165, 1.54) is 12.8 Å². The highest BCUT2D eigenvalue weighted by atomic mass is 16.4. The van der Waals surface area contributed by atoms with Crippen LogP contribution in [0.3, 0.4) is 0 Å². The minimum Gasteiger partial charge on any atom is -0.481 e. The molecule has 0 saturated carbocycles. The Hall–Kier alpha value is -2.16. The van der Waals surface area contributed by atoms with Crippen molar-refractivity contribution in [2.75, 3.05) is 13.7 Å². The van der Waals surface area contributed by atoms with Crippen LogP contribution in [-0.4, -0.2) is 59.3 Å². The molecular weight excluding hydrogens is 296 g/mol. The smallest absolute Gasteiger partial charge is 0.326 e. The molecule has 0 spiro atoms. The summed E-state index contributed by atoms with van der Waals surface area (Å²) in [6.45, 7) is 4.12. The summed E-state index contributed by atoms with van der Waals surface area (Å²) in [4.78, 5) is 41.7. The number of carbonyl (C=O) groups is 4. The van der Waals surface area contributed by atoms with E-state index in [2.05, 4.69) is 19.2 Å². The van der Waals surface area contributed by atoms with Crippen molar-refractivity contribution in [3.8, 4) is 0 Å². The van der Waals surface area contributed by atoms with Gasteiger partial charge in [0.1, 0.15) is 12.3 Å². The number of aliphatic carboxylic acids is 2. The largest absolute Gasteiger partial charge is 0.481 e. The van der Waals surface area contributed by atoms with E-state index in [0.717, 1.165) is 7.11 Å². The minimum atomic E-state index is -1.33. The lowest BCUT2D eigenvalue weighted by atomic mass is 10.1. The lowest BCUT2D eigenvalue weighted by Crippen LogP contribution is -2.46. The van der Waals surface area contributed by atoms with Gasteiger partial charge in [0.25, 0.3) is 0 Å². The molecule has 0 aromatic heterocycles. The Balaban J connectivity index is -0.000000516. The first-order valence-electron chi connectivity index (χ1n) is 6.76. The second-order valence-electron chi connectivity index (χ2n) is 3.84. The number of unbranched alkanes of at least 4 members (excludes halogenated alkanes) is 1. The summed E-state index contributed by atoms with van der Waals surface area (Å²) >= 11 is 0. The molecule has 0 rings (SSSR count). The van der Waals surface area contributed by atoms with E-state index >= 15 is 0 Å². The predicted octanol–water partition coefficient (Wildman–Crippen LogP) is 0.217. The molecule has 0 aliphatic heterocycles. The zero-order valence-electron chi connectivity index (χ0n) is 13.2. The van der Waals surface area contributed by atoms with E-state index < -0.39 is 24.0 Å². The van der Waals surface area contributed by atoms with Gasteiger partial charge in [-0.25, -0.2) is 9.59 Å². The molecule has 0 aliphatic carbocycles. The number of aliphatic hydroxyl groups is 1. The maximum Gasteiger partial charge on any atom is 0.326 e. The number of nitrogens with one attached hydrogen (secondary N) is 2. The fourth-order valence-electron chi connectivity index (χ4n) is 0.869. The Kier molecular flexibility index (Phi) is 21.3. The molecule has 9 nitrogen and oxygen atoms in total. The van der Waals surface area contributed by atoms with Gasteiger partial charge in [-0.3, -0.25) is 4.79 Å². The average molecular weight is 322 g/mol. The highest BCUT2D eigenvalue weighted by molar-refractivity contribution is 5.83. The first-order chi connectivity index (χ1) is 10.4. The molecule has 0 fully saturated rings. The van der Waals surface area contributed by atoms with Crippen LogP contribution in [0.1, 0.15) is 39.5 Å². The number of carboxylic acids is 2. The molecule has 130 valence electrons. The van der Waals surface area contributed by atoms with Crippen LogP contribution in [0, 0.1) is 0 Å². The van der Waals surface area contributed by atoms with Crippen LogP contribution in [-0.2, 0) is 14.4 Å². The molecule has 0 aliphatic rings. The number of carboxylic acid groups (broad SMARTS) is 2. The predicted molar refractivity (Wildman–Crippen MR) is 79.6 cm³/mol. The lowest BCUT2D eigenvalue weighted by molar-refractivity contribution is -0.140. The second-order valence-corrected chi connectivity index (χ2v) is 3.84. The Morgan fingerprint density at radius 1 is 1.09 bits per heavy atom. The van der Waals surface area contributed by atoms with Gasteiger partial charge in [0.05, 0.1) is 6.54 Å². The molecule has 0 saturated heterocycles. The van der Waals surface area contributed by atoms with Crippen LogP contribution in [0.4, 0.5) is 4.79 Å². The highest BCUT2D eigenvalue weighted by Gasteiger charge is 2.20. The van der Waals surface area contributed by atoms with E-state index in [4.69, 9.17) is 15.3 Å². The second kappa shape index (κ2) is 18.8. The van der Waals surface area contributed by atoms with Gasteiger partial charge in [-0.1, -0.05) is 26.7 Å². The topological polar surface area (TPSA) is 153 Å². The molecule has 0 aromatic rings. The monoisotopic (exact) mass is 322 g/mol. The number of urea groups is 1. The highest BCUT2D eigenvalue weighted by Crippen LogP contribution is 1.97. The summed E-state index contributed by atoms with van der Waals surface area (Å²) < 4.78 is 0. The molecule has 1 unspecified atom stereocenters. The van der Waals surface area contributed by atoms with Crippen LogP contribution >= 0.6 is 0 Å². The third-order valence-corrected chi connectivity index (χ3v) is 2.10. The fourth-order valence-corrected chi connectivity index (χ4v) is 0.869. The number of carbonyl (C=O) groups excluding carboxylic acids is 2. The molecule has 0 bridgehead atoms. The van der Waals surface area contributed by atoms with E-state index in [0.29, 0.717) is 6.29 Å². The summed E-state index contributed by atoms with van der Waals surface area (Å²) in [7, 11) is 1.00. The van der Waals surface area contributed by atoms with Gasteiger partial charge in [0.2, 0.25) is 0 Å². The third kappa shape index (κ3) is 20.2. The van der Waals surface area contributed by atoms with E-state index in [1.54, 1.807) is 0 Å². The maximum absolute atomic E-state index is 11.0. The molecule has 0 radical (unpaired) electrons. The molecule has 5 N–H and O–H groups in total. The van der Waals surface area contributed by atoms with Crippen LogP contribution in [0.5, 0.6) is 0 Å². The molecular formula is C13H26N2O7. The summed E-state index contributed by atoms with van der Waals surface area (Å²) in [5, 5.41) is 28.1. The van der Waals surface area contributed by atoms with Crippen LogP contribution in [0.25, 0.3) is 0 Å². The Morgan fingerprint density at radius 2 is 1.59 bits per heavy atom. The summed E-state index contributed by atoms with van der Waals surface area (Å²) in [6.07, 6.45) is 2.48. The van der Waals surface area contributed by atoms with Crippen LogP contribution in [0.2, 0.25) is 0 Å². The molecule has 0 heterocycles. The lowest BCUT2D eigenvalue weighted by Gasteiger charge is -2.13. The summed E-state index contributed by atoms with van der Waals surface area (Å²) in [5.41, 5.74) is 0. The fraction of sp³-hybridized carbons (Fsp3) is 0.692. The molecule has 22 heavy (non-hydrogen) atoms. The van der Waals surface area contributed by atoms with Crippen molar-refractivity contribution in [3.63, 3.8) is 0 Å². The van der Waals surface area contributed by atoms with Gasteiger partial charge >= 0.3 is 18.0 Å². The van der Waals surface area contributed by atoms with E-state index in [1.807, 2.05) is 5.32 Å². The SMILES string of the molecule is CCCC.CO.O=CCNC(=O)NC(CCC(=O)O)C(=O)O. The molecule has 0 aromatic carbocycles. The zero-order chi connectivity index (χ0) is 18.0. The molecule has 2 amide bonds. The van der Waals surface area contributed by atoms with Crippen LogP contribution < -0.4 is 10.6 Å². The van der Waals surface area contributed by atoms with Crippen molar-refractivity contribution in [2.45, 2.75) is 45.6 Å². The van der Waals surface area contributed by atoms with Crippen molar-refractivity contribution in [3.05, 3.63) is 0 Å². The third-order valence-electron chi connectivity index (χ3n) is 2.10. The van der Waals surface area contributed by atoms with Gasteiger partial charge in [0, 0.05) is 13.5 Å². The van der Waals surface area contributed by atoms with Crippen molar-refractivity contribution >= 4 is 24.3 Å². The van der Waals surface area contributed by atoms with Crippen molar-refractivity contribution in [2.24, 2.45) is 0 Å². The van der Waals surface area contributed by atoms with Gasteiger partial charge in [-0.15, -0.1) is 0 Å². The van der Waals surface area contributed by atoms with Crippen molar-refractivity contribution in [1.82, 2.24) is 10.6 Å². The minimum absolute atomic E-state index is 0.223. The van der Waals surface area contributed by atoms with Crippen LogP contribution in [0.15, 0.2) is 0 Å². The standard InChI is InChI=1S/C8H12N2O6.C4H10.CH4O/c11-4-3-9-8(16)10-5(7(14)15)1-2-6(12)13;1-3-4-2;1-2/h4-5H,1-3H2,(H,12,13)(H,14,15)(H2,9,10,16);3-4H2,1-2H3;2H,1H3. The normalized spacial score (nSPS) is 9.82. The van der Waals surface area contributed by atoms with Crippen molar-refractivity contribution in [1.29, 1.82) is 0 Å². The Labute approximate surface area is 129 Å². The Morgan fingerprint density at radius 3 is 1.91 bits per heavy atom. The molecule has 1 atom stereocenters. The number of aliphatic hydroxyl groups excluding tert-OH is 1. The average Bonchev–Trinajstić information content (AvgIpc) is 2.51. The van der Waals surface area contributed by atoms with Gasteiger partial charge < -0.3 is 30.7 Å². The Bertz CT molecular complexity index is 320. The van der Waals surface area contributed by atoms with Gasteiger partial charge in [0.15, 0.2) is 0 Å². The number of amides is 2. The quantitative estimate of drug-likeness (QED) is 0.400. The summed E-state index contributed by atoms with van der Waals surface area (Å²) in [6, 6.07) is -2.12. The molecule has 9 heteroatoms. The number of aldehydes is 1. The zero-order valence-corrected chi connectivity index (χ0v) is 13.2. The first kappa shape index (κ1) is 24.8. The van der Waals surface area contributed by atoms with E-state index in [9.17, 15) is 19.2 Å². The number of hydrogen-bond donors (Lipinski definition) is 5. The number of hydrogen-bond acceptors (Lipinski definition) is 5. The first-order valence-corrected chi connectivity index (χ1v) is 6.76. The maximum atomic E-state index is 11.0. The summed E-state index contributed by atoms with van der Waals surface area (Å²) in [5.74, 6) is -2.48. The van der Waals surface area contributed by atoms with Crippen molar-refractivity contribution < 1.29 is 34.5 Å².